The lowest BCUT2D eigenvalue weighted by Crippen LogP contribution is -2.57. The predicted octanol–water partition coefficient (Wildman–Crippen LogP) is 1.14. The first kappa shape index (κ1) is 33.8. The Kier molecular flexibility index (Phi) is 11.8. The Morgan fingerprint density at radius 2 is 1.69 bits per heavy atom. The van der Waals surface area contributed by atoms with E-state index < -0.39 is 67.8 Å². The maximum absolute atomic E-state index is 13.3. The van der Waals surface area contributed by atoms with E-state index in [9.17, 15) is 32.7 Å². The highest BCUT2D eigenvalue weighted by atomic mass is 32.2. The minimum Gasteiger partial charge on any atom is -0.381 e. The zero-order chi connectivity index (χ0) is 31.1. The topological polar surface area (TPSA) is 174 Å². The van der Waals surface area contributed by atoms with Gasteiger partial charge in [0.1, 0.15) is 6.04 Å². The maximum Gasteiger partial charge on any atom is 0.315 e. The van der Waals surface area contributed by atoms with Gasteiger partial charge in [0.2, 0.25) is 11.8 Å². The molecule has 2 aliphatic carbocycles. The van der Waals surface area contributed by atoms with E-state index in [1.807, 2.05) is 0 Å². The molecule has 3 aliphatic rings. The van der Waals surface area contributed by atoms with Crippen molar-refractivity contribution in [3.63, 3.8) is 0 Å². The molecule has 1 heterocycles. The molecular formula is C29H49N5O7S. The zero-order valence-electron chi connectivity index (χ0n) is 25.2. The summed E-state index contributed by atoms with van der Waals surface area (Å²) in [7, 11) is -3.50. The van der Waals surface area contributed by atoms with Gasteiger partial charge in [-0.15, -0.1) is 6.58 Å². The number of hydrogen-bond donors (Lipinski definition) is 5. The molecule has 5 atom stereocenters. The molecular weight excluding hydrogens is 562 g/mol. The average molecular weight is 612 g/mol. The fraction of sp³-hybridized carbons (Fsp3) is 0.793. The van der Waals surface area contributed by atoms with Gasteiger partial charge in [0.25, 0.3) is 5.91 Å². The zero-order valence-corrected chi connectivity index (χ0v) is 26.0. The van der Waals surface area contributed by atoms with Crippen molar-refractivity contribution in [2.75, 3.05) is 19.6 Å². The Morgan fingerprint density at radius 1 is 1.00 bits per heavy atom. The fourth-order valence-corrected chi connectivity index (χ4v) is 8.02. The maximum atomic E-state index is 13.3. The Balaban J connectivity index is 1.57. The predicted molar refractivity (Wildman–Crippen MR) is 159 cm³/mol. The molecule has 1 saturated heterocycles. The summed E-state index contributed by atoms with van der Waals surface area (Å²) in [5.74, 6) is -1.17. The Hall–Kier alpha value is -2.67. The lowest BCUT2D eigenvalue weighted by atomic mass is 9.79. The number of carbonyl (C=O) groups is 4. The molecule has 5 N–H and O–H groups in total. The quantitative estimate of drug-likeness (QED) is 0.206. The lowest BCUT2D eigenvalue weighted by molar-refractivity contribution is -0.139. The van der Waals surface area contributed by atoms with Crippen LogP contribution in [0, 0.1) is 5.92 Å². The molecule has 12 nitrogen and oxygen atoms in total. The normalized spacial score (nSPS) is 24.6. The molecule has 5 unspecified atom stereocenters. The van der Waals surface area contributed by atoms with Crippen LogP contribution in [0.3, 0.4) is 0 Å². The van der Waals surface area contributed by atoms with E-state index in [2.05, 4.69) is 27.8 Å². The van der Waals surface area contributed by atoms with E-state index >= 15 is 0 Å². The van der Waals surface area contributed by atoms with E-state index in [1.54, 1.807) is 20.8 Å². The van der Waals surface area contributed by atoms with Crippen molar-refractivity contribution in [2.45, 2.75) is 119 Å². The minimum absolute atomic E-state index is 0.194. The molecule has 0 aromatic rings. The summed E-state index contributed by atoms with van der Waals surface area (Å²) in [5, 5.41) is 20.7. The highest BCUT2D eigenvalue weighted by molar-refractivity contribution is 7.93. The third kappa shape index (κ3) is 8.46. The average Bonchev–Trinajstić information content (AvgIpc) is 3.41. The highest BCUT2D eigenvalue weighted by Gasteiger charge is 2.43. The second-order valence-electron chi connectivity index (χ2n) is 12.8. The van der Waals surface area contributed by atoms with Crippen molar-refractivity contribution in [2.24, 2.45) is 5.92 Å². The fourth-order valence-electron chi connectivity index (χ4n) is 6.00. The molecule has 0 aromatic carbocycles. The van der Waals surface area contributed by atoms with Crippen LogP contribution in [0.15, 0.2) is 12.7 Å². The van der Waals surface area contributed by atoms with Crippen molar-refractivity contribution in [3.05, 3.63) is 12.7 Å². The first-order chi connectivity index (χ1) is 19.8. The molecule has 13 heteroatoms. The molecule has 0 aromatic heterocycles. The Labute approximate surface area is 249 Å². The summed E-state index contributed by atoms with van der Waals surface area (Å²) in [6, 6.07) is -2.75. The largest absolute Gasteiger partial charge is 0.381 e. The third-order valence-corrected chi connectivity index (χ3v) is 11.8. The van der Waals surface area contributed by atoms with Gasteiger partial charge in [0.15, 0.2) is 15.9 Å². The molecule has 238 valence electrons. The van der Waals surface area contributed by atoms with Crippen molar-refractivity contribution in [1.29, 1.82) is 0 Å². The molecule has 5 amide bonds. The van der Waals surface area contributed by atoms with E-state index in [0.717, 1.165) is 32.1 Å². The van der Waals surface area contributed by atoms with E-state index in [4.69, 9.17) is 0 Å². The van der Waals surface area contributed by atoms with Gasteiger partial charge in [-0.1, -0.05) is 38.2 Å². The molecule has 3 fully saturated rings. The molecule has 3 rings (SSSR count). The highest BCUT2D eigenvalue weighted by Crippen LogP contribution is 2.32. The van der Waals surface area contributed by atoms with Crippen LogP contribution in [-0.2, 0) is 24.2 Å². The van der Waals surface area contributed by atoms with Crippen molar-refractivity contribution < 1.29 is 32.7 Å². The standard InChI is InChI=1S/C29H49N5O7S/c1-5-15-30-27(38)25(36)21(17-19-10-8-11-19)32-26(37)22-13-9-16-34(22)24(35)18-31-28(39)33-20-12-6-7-14-23(20)42(40,41)29(2,3)4/h5,19-23,25,36H,1,6-18H2,2-4H3,(H,30,38)(H,32,37)(H2,31,33,39). The number of carbonyl (C=O) groups excluding carboxylic acids is 4. The molecule has 1 aliphatic heterocycles. The van der Waals surface area contributed by atoms with Gasteiger partial charge in [-0.3, -0.25) is 14.4 Å². The summed E-state index contributed by atoms with van der Waals surface area (Å²) in [6.07, 6.45) is 7.15. The number of hydrogen-bond acceptors (Lipinski definition) is 7. The molecule has 42 heavy (non-hydrogen) atoms. The van der Waals surface area contributed by atoms with Gasteiger partial charge < -0.3 is 31.3 Å². The molecule has 0 bridgehead atoms. The van der Waals surface area contributed by atoms with Crippen molar-refractivity contribution in [3.8, 4) is 0 Å². The number of likely N-dealkylation sites (tertiary alicyclic amines) is 1. The van der Waals surface area contributed by atoms with Gasteiger partial charge in [-0.05, 0) is 58.8 Å². The summed E-state index contributed by atoms with van der Waals surface area (Å²) < 4.78 is 25.3. The number of aliphatic hydroxyl groups excluding tert-OH is 1. The van der Waals surface area contributed by atoms with Gasteiger partial charge in [0.05, 0.1) is 22.6 Å². The van der Waals surface area contributed by atoms with Crippen LogP contribution < -0.4 is 21.3 Å². The lowest BCUT2D eigenvalue weighted by Gasteiger charge is -2.36. The van der Waals surface area contributed by atoms with Crippen LogP contribution in [0.2, 0.25) is 0 Å². The van der Waals surface area contributed by atoms with Crippen LogP contribution in [0.1, 0.15) is 85.0 Å². The number of sulfone groups is 1. The summed E-state index contributed by atoms with van der Waals surface area (Å²) >= 11 is 0. The van der Waals surface area contributed by atoms with Gasteiger partial charge in [-0.2, -0.15) is 0 Å². The summed E-state index contributed by atoms with van der Waals surface area (Å²) in [4.78, 5) is 52.9. The number of amides is 5. The van der Waals surface area contributed by atoms with Crippen LogP contribution in [0.25, 0.3) is 0 Å². The smallest absolute Gasteiger partial charge is 0.315 e. The first-order valence-electron chi connectivity index (χ1n) is 15.2. The van der Waals surface area contributed by atoms with Gasteiger partial charge >= 0.3 is 6.03 Å². The number of rotatable bonds is 12. The van der Waals surface area contributed by atoms with E-state index in [0.29, 0.717) is 44.6 Å². The third-order valence-electron chi connectivity index (χ3n) is 8.76. The first-order valence-corrected chi connectivity index (χ1v) is 16.7. The van der Waals surface area contributed by atoms with Crippen LogP contribution in [0.4, 0.5) is 4.79 Å². The van der Waals surface area contributed by atoms with E-state index in [1.165, 1.54) is 11.0 Å². The number of nitrogens with one attached hydrogen (secondary N) is 4. The summed E-state index contributed by atoms with van der Waals surface area (Å²) in [6.45, 7) is 8.70. The SMILES string of the molecule is C=CCNC(=O)C(O)C(CC1CCC1)NC(=O)C1CCCN1C(=O)CNC(=O)NC1CCCCC1S(=O)(=O)C(C)(C)C. The van der Waals surface area contributed by atoms with Gasteiger partial charge in [-0.25, -0.2) is 13.2 Å². The Bertz CT molecular complexity index is 1100. The Morgan fingerprint density at radius 3 is 2.31 bits per heavy atom. The summed E-state index contributed by atoms with van der Waals surface area (Å²) in [5.41, 5.74) is 0. The van der Waals surface area contributed by atoms with Crippen LogP contribution >= 0.6 is 0 Å². The molecule has 0 radical (unpaired) electrons. The monoisotopic (exact) mass is 611 g/mol. The van der Waals surface area contributed by atoms with Crippen LogP contribution in [0.5, 0.6) is 0 Å². The van der Waals surface area contributed by atoms with E-state index in [-0.39, 0.29) is 13.1 Å². The number of urea groups is 1. The van der Waals surface area contributed by atoms with Gasteiger partial charge in [0, 0.05) is 19.1 Å². The van der Waals surface area contributed by atoms with Crippen molar-refractivity contribution in [1.82, 2.24) is 26.2 Å². The second-order valence-corrected chi connectivity index (χ2v) is 15.7. The number of nitrogens with zero attached hydrogens (tertiary/aromatic N) is 1. The minimum atomic E-state index is -3.50. The van der Waals surface area contributed by atoms with Crippen LogP contribution in [-0.4, -0.2) is 96.0 Å². The number of aliphatic hydroxyl groups is 1. The molecule has 0 spiro atoms. The van der Waals surface area contributed by atoms with Crippen molar-refractivity contribution >= 4 is 33.6 Å². The molecule has 2 saturated carbocycles. The second kappa shape index (κ2) is 14.7.